The molecule has 1 amide bonds. The second-order valence-electron chi connectivity index (χ2n) is 4.80. The molecule has 4 nitrogen and oxygen atoms in total. The number of rotatable bonds is 7. The van der Waals surface area contributed by atoms with E-state index in [9.17, 15) is 18.4 Å². The first-order valence-electron chi connectivity index (χ1n) is 6.41. The first kappa shape index (κ1) is 17.4. The minimum absolute atomic E-state index is 0.0974. The third kappa shape index (κ3) is 5.71. The van der Waals surface area contributed by atoms with Crippen LogP contribution in [0.25, 0.3) is 0 Å². The zero-order valence-electron chi connectivity index (χ0n) is 11.7. The highest BCUT2D eigenvalue weighted by atomic mass is 32.2. The number of thioether (sulfide) groups is 1. The SMILES string of the molecule is CC(C)[C@@H](NC(=O)CCSc1ccc(F)c(F)c1)C(=O)O. The number of halogens is 2. The maximum absolute atomic E-state index is 13.0. The van der Waals surface area contributed by atoms with Crippen LogP contribution >= 0.6 is 11.8 Å². The van der Waals surface area contributed by atoms with Gasteiger partial charge in [0.2, 0.25) is 5.91 Å². The normalized spacial score (nSPS) is 12.2. The van der Waals surface area contributed by atoms with Gasteiger partial charge in [-0.25, -0.2) is 13.6 Å². The molecule has 0 saturated heterocycles. The molecule has 0 spiro atoms. The molecule has 2 N–H and O–H groups in total. The fourth-order valence-corrected chi connectivity index (χ4v) is 2.46. The Hall–Kier alpha value is -1.63. The molecule has 1 aromatic rings. The van der Waals surface area contributed by atoms with E-state index in [0.29, 0.717) is 10.6 Å². The van der Waals surface area contributed by atoms with Crippen LogP contribution in [0, 0.1) is 17.6 Å². The number of hydrogen-bond donors (Lipinski definition) is 2. The smallest absolute Gasteiger partial charge is 0.326 e. The van der Waals surface area contributed by atoms with Gasteiger partial charge < -0.3 is 10.4 Å². The number of carboxylic acid groups (broad SMARTS) is 1. The van der Waals surface area contributed by atoms with Gasteiger partial charge in [-0.15, -0.1) is 11.8 Å². The highest BCUT2D eigenvalue weighted by Crippen LogP contribution is 2.21. The number of carboxylic acids is 1. The molecular weight excluding hydrogens is 300 g/mol. The van der Waals surface area contributed by atoms with Crippen LogP contribution < -0.4 is 5.32 Å². The average molecular weight is 317 g/mol. The first-order valence-corrected chi connectivity index (χ1v) is 7.40. The molecule has 1 aromatic carbocycles. The topological polar surface area (TPSA) is 66.4 Å². The summed E-state index contributed by atoms with van der Waals surface area (Å²) in [6, 6.07) is 2.59. The summed E-state index contributed by atoms with van der Waals surface area (Å²) in [6.07, 6.45) is 0.0974. The van der Waals surface area contributed by atoms with E-state index < -0.39 is 23.6 Å². The van der Waals surface area contributed by atoms with Crippen molar-refractivity contribution < 1.29 is 23.5 Å². The molecule has 0 saturated carbocycles. The predicted molar refractivity (Wildman–Crippen MR) is 76.1 cm³/mol. The largest absolute Gasteiger partial charge is 0.480 e. The van der Waals surface area contributed by atoms with Crippen molar-refractivity contribution in [2.45, 2.75) is 31.2 Å². The predicted octanol–water partition coefficient (Wildman–Crippen LogP) is 2.67. The van der Waals surface area contributed by atoms with Crippen molar-refractivity contribution in [2.24, 2.45) is 5.92 Å². The van der Waals surface area contributed by atoms with Crippen molar-refractivity contribution in [3.05, 3.63) is 29.8 Å². The molecule has 7 heteroatoms. The molecule has 0 heterocycles. The van der Waals surface area contributed by atoms with Crippen molar-refractivity contribution >= 4 is 23.6 Å². The standard InChI is InChI=1S/C14H17F2NO3S/c1-8(2)13(14(19)20)17-12(18)5-6-21-9-3-4-10(15)11(16)7-9/h3-4,7-8,13H,5-6H2,1-2H3,(H,17,18)(H,19,20)/t13-/m1/s1. The zero-order chi connectivity index (χ0) is 16.0. The molecule has 0 fully saturated rings. The monoisotopic (exact) mass is 317 g/mol. The van der Waals surface area contributed by atoms with Crippen LogP contribution in [0.4, 0.5) is 8.78 Å². The molecule has 0 aliphatic heterocycles. The molecule has 0 aromatic heterocycles. The number of carbonyl (C=O) groups is 2. The quantitative estimate of drug-likeness (QED) is 0.759. The van der Waals surface area contributed by atoms with E-state index >= 15 is 0 Å². The van der Waals surface area contributed by atoms with E-state index in [1.54, 1.807) is 13.8 Å². The summed E-state index contributed by atoms with van der Waals surface area (Å²) in [5.74, 6) is -3.18. The molecule has 1 atom stereocenters. The number of aliphatic carboxylic acids is 1. The van der Waals surface area contributed by atoms with E-state index in [-0.39, 0.29) is 18.2 Å². The Morgan fingerprint density at radius 3 is 2.48 bits per heavy atom. The second kappa shape index (κ2) is 7.97. The Morgan fingerprint density at radius 2 is 1.95 bits per heavy atom. The summed E-state index contributed by atoms with van der Waals surface area (Å²) < 4.78 is 25.7. The Labute approximate surface area is 125 Å². The lowest BCUT2D eigenvalue weighted by molar-refractivity contribution is -0.143. The van der Waals surface area contributed by atoms with Crippen LogP contribution in [0.15, 0.2) is 23.1 Å². The van der Waals surface area contributed by atoms with Gasteiger partial charge in [0.25, 0.3) is 0 Å². The lowest BCUT2D eigenvalue weighted by Crippen LogP contribution is -2.44. The molecule has 0 aliphatic rings. The summed E-state index contributed by atoms with van der Waals surface area (Å²) >= 11 is 1.20. The lowest BCUT2D eigenvalue weighted by Gasteiger charge is -2.17. The summed E-state index contributed by atoms with van der Waals surface area (Å²) in [6.45, 7) is 3.41. The van der Waals surface area contributed by atoms with Crippen LogP contribution in [-0.2, 0) is 9.59 Å². The Kier molecular flexibility index (Phi) is 6.61. The van der Waals surface area contributed by atoms with Gasteiger partial charge in [0, 0.05) is 17.1 Å². The number of benzene rings is 1. The molecule has 21 heavy (non-hydrogen) atoms. The van der Waals surface area contributed by atoms with E-state index in [2.05, 4.69) is 5.32 Å². The number of amides is 1. The van der Waals surface area contributed by atoms with Gasteiger partial charge in [0.1, 0.15) is 6.04 Å². The van der Waals surface area contributed by atoms with Crippen molar-refractivity contribution in [3.8, 4) is 0 Å². The maximum atomic E-state index is 13.0. The van der Waals surface area contributed by atoms with E-state index in [4.69, 9.17) is 5.11 Å². The van der Waals surface area contributed by atoms with Gasteiger partial charge in [-0.05, 0) is 24.1 Å². The van der Waals surface area contributed by atoms with Crippen LogP contribution in [0.3, 0.4) is 0 Å². The van der Waals surface area contributed by atoms with Crippen molar-refractivity contribution in [2.75, 3.05) is 5.75 Å². The van der Waals surface area contributed by atoms with E-state index in [1.165, 1.54) is 17.8 Å². The maximum Gasteiger partial charge on any atom is 0.326 e. The summed E-state index contributed by atoms with van der Waals surface area (Å²) in [4.78, 5) is 23.1. The average Bonchev–Trinajstić information content (AvgIpc) is 2.39. The first-order chi connectivity index (χ1) is 9.81. The van der Waals surface area contributed by atoms with Gasteiger partial charge in [0.15, 0.2) is 11.6 Å². The molecule has 0 aliphatic carbocycles. The lowest BCUT2D eigenvalue weighted by atomic mass is 10.0. The van der Waals surface area contributed by atoms with Gasteiger partial charge in [-0.2, -0.15) is 0 Å². The molecule has 0 unspecified atom stereocenters. The van der Waals surface area contributed by atoms with Gasteiger partial charge >= 0.3 is 5.97 Å². The Balaban J connectivity index is 2.42. The van der Waals surface area contributed by atoms with E-state index in [1.807, 2.05) is 0 Å². The highest BCUT2D eigenvalue weighted by molar-refractivity contribution is 7.99. The van der Waals surface area contributed by atoms with Crippen LogP contribution in [0.5, 0.6) is 0 Å². The van der Waals surface area contributed by atoms with Crippen LogP contribution in [-0.4, -0.2) is 28.8 Å². The van der Waals surface area contributed by atoms with Crippen LogP contribution in [0.2, 0.25) is 0 Å². The molecule has 0 bridgehead atoms. The molecule has 0 radical (unpaired) electrons. The van der Waals surface area contributed by atoms with E-state index in [0.717, 1.165) is 12.1 Å². The van der Waals surface area contributed by atoms with Crippen LogP contribution in [0.1, 0.15) is 20.3 Å². The second-order valence-corrected chi connectivity index (χ2v) is 5.97. The number of carbonyl (C=O) groups excluding carboxylic acids is 1. The fraction of sp³-hybridized carbons (Fsp3) is 0.429. The minimum atomic E-state index is -1.08. The third-order valence-electron chi connectivity index (χ3n) is 2.74. The Morgan fingerprint density at radius 1 is 1.29 bits per heavy atom. The summed E-state index contributed by atoms with van der Waals surface area (Å²) in [7, 11) is 0. The van der Waals surface area contributed by atoms with Gasteiger partial charge in [0.05, 0.1) is 0 Å². The third-order valence-corrected chi connectivity index (χ3v) is 3.73. The van der Waals surface area contributed by atoms with Crippen molar-refractivity contribution in [3.63, 3.8) is 0 Å². The van der Waals surface area contributed by atoms with Crippen molar-refractivity contribution in [1.29, 1.82) is 0 Å². The highest BCUT2D eigenvalue weighted by Gasteiger charge is 2.22. The van der Waals surface area contributed by atoms with Crippen molar-refractivity contribution in [1.82, 2.24) is 5.32 Å². The Bertz CT molecular complexity index is 523. The van der Waals surface area contributed by atoms with Gasteiger partial charge in [-0.1, -0.05) is 13.8 Å². The molecular formula is C14H17F2NO3S. The fourth-order valence-electron chi connectivity index (χ4n) is 1.59. The summed E-state index contributed by atoms with van der Waals surface area (Å²) in [5, 5.41) is 11.4. The molecule has 1 rings (SSSR count). The zero-order valence-corrected chi connectivity index (χ0v) is 12.5. The summed E-state index contributed by atoms with van der Waals surface area (Å²) in [5.41, 5.74) is 0. The van der Waals surface area contributed by atoms with Gasteiger partial charge in [-0.3, -0.25) is 4.79 Å². The number of nitrogens with one attached hydrogen (secondary N) is 1. The number of hydrogen-bond acceptors (Lipinski definition) is 3. The minimum Gasteiger partial charge on any atom is -0.480 e. The molecule has 116 valence electrons.